The zero-order valence-electron chi connectivity index (χ0n) is 33.4. The second kappa shape index (κ2) is 10.7. The van der Waals surface area contributed by atoms with Gasteiger partial charge in [0.25, 0.3) is 5.82 Å². The van der Waals surface area contributed by atoms with Gasteiger partial charge in [0.2, 0.25) is 5.70 Å². The number of hydrogen-bond donors (Lipinski definition) is 0. The Balaban J connectivity index is 1.28. The van der Waals surface area contributed by atoms with Gasteiger partial charge in [-0.3, -0.25) is 0 Å². The molecule has 2 atom stereocenters. The molecule has 5 aliphatic heterocycles. The quantitative estimate of drug-likeness (QED) is 0.156. The van der Waals surface area contributed by atoms with E-state index in [1.165, 1.54) is 107 Å². The molecular formula is C52H46N4O+2. The molecule has 0 N–H and O–H groups in total. The molecule has 7 aromatic rings. The largest absolute Gasteiger partial charge is 0.434 e. The number of fused-ring (bicyclic) bond motifs is 6. The van der Waals surface area contributed by atoms with Gasteiger partial charge in [0.05, 0.1) is 35.2 Å². The van der Waals surface area contributed by atoms with E-state index in [2.05, 4.69) is 169 Å². The lowest BCUT2D eigenvalue weighted by Crippen LogP contribution is -2.42. The van der Waals surface area contributed by atoms with E-state index in [9.17, 15) is 0 Å². The molecule has 13 rings (SSSR count). The van der Waals surface area contributed by atoms with Crippen LogP contribution in [0.2, 0.25) is 0 Å². The third-order valence-corrected chi connectivity index (χ3v) is 14.4. The van der Waals surface area contributed by atoms with E-state index in [0.717, 1.165) is 31.6 Å². The van der Waals surface area contributed by atoms with Gasteiger partial charge in [-0.1, -0.05) is 95.3 Å². The molecule has 0 unspecified atom stereocenters. The molecule has 5 heteroatoms. The van der Waals surface area contributed by atoms with Crippen molar-refractivity contribution in [3.05, 3.63) is 154 Å². The molecular weight excluding hydrogens is 697 g/mol. The Morgan fingerprint density at radius 1 is 0.719 bits per heavy atom. The van der Waals surface area contributed by atoms with Gasteiger partial charge >= 0.3 is 5.90 Å². The molecule has 0 saturated heterocycles. The minimum absolute atomic E-state index is 0.0120. The van der Waals surface area contributed by atoms with Crippen molar-refractivity contribution >= 4 is 50.5 Å². The molecule has 278 valence electrons. The van der Waals surface area contributed by atoms with Gasteiger partial charge in [0, 0.05) is 46.2 Å². The SMILES string of the molecule is CC(C)(C)c1cc[n+]2c(c1)-n1c3ccccc3c3cc4c5c(c31)CC2=C1Cc2c(cc(-c3ccccc3)cc2N5c2ccccc2C4(C)C)C2=[N+]1[C@@H]1CCC[C@@H]1O2. The topological polar surface area (TPSA) is 24.3 Å². The van der Waals surface area contributed by atoms with Gasteiger partial charge in [-0.2, -0.15) is 13.7 Å². The standard InChI is InChI=1S/C52H46N4O/c1-51(2,3)32-22-23-53-44-29-37-48-35(33-16-9-11-18-40(33)56(48)47(53)26-32)27-39-49(37)54(41-19-12-10-17-38(41)52(39,4)5)43-25-31(30-14-7-6-8-15-30)24-36-34(43)28-45(44)55-42-20-13-21-46(42)57-50(36)55/h6-12,14-19,22-27,42,46H,13,20-21,28-29H2,1-5H3/q+2/t42-,46+/m1/s1. The molecule has 5 nitrogen and oxygen atoms in total. The summed E-state index contributed by atoms with van der Waals surface area (Å²) in [6, 6.07) is 42.0. The fourth-order valence-electron chi connectivity index (χ4n) is 11.6. The van der Waals surface area contributed by atoms with Crippen LogP contribution in [-0.2, 0) is 28.4 Å². The highest BCUT2D eigenvalue weighted by Gasteiger charge is 2.55. The first kappa shape index (κ1) is 32.2. The first-order chi connectivity index (χ1) is 27.7. The van der Waals surface area contributed by atoms with Crippen molar-refractivity contribution in [3.8, 4) is 16.9 Å². The van der Waals surface area contributed by atoms with E-state index >= 15 is 0 Å². The Kier molecular flexibility index (Phi) is 6.05. The van der Waals surface area contributed by atoms with Crippen LogP contribution in [0.4, 0.5) is 17.1 Å². The van der Waals surface area contributed by atoms with Gasteiger partial charge in [-0.15, -0.1) is 0 Å². The lowest BCUT2D eigenvalue weighted by Gasteiger charge is -2.43. The van der Waals surface area contributed by atoms with Crippen LogP contribution in [0.15, 0.2) is 121 Å². The van der Waals surface area contributed by atoms with Gasteiger partial charge in [-0.05, 0) is 88.5 Å². The van der Waals surface area contributed by atoms with Crippen LogP contribution in [0.1, 0.15) is 87.3 Å². The molecule has 1 aliphatic carbocycles. The van der Waals surface area contributed by atoms with Gasteiger partial charge in [0.1, 0.15) is 11.0 Å². The molecule has 1 fully saturated rings. The van der Waals surface area contributed by atoms with Crippen molar-refractivity contribution in [2.75, 3.05) is 4.90 Å². The highest BCUT2D eigenvalue weighted by atomic mass is 16.5. The fourth-order valence-corrected chi connectivity index (χ4v) is 11.6. The predicted octanol–water partition coefficient (Wildman–Crippen LogP) is 11.1. The van der Waals surface area contributed by atoms with Crippen LogP contribution < -0.4 is 9.47 Å². The maximum atomic E-state index is 7.25. The van der Waals surface area contributed by atoms with Crippen molar-refractivity contribution < 1.29 is 13.9 Å². The summed E-state index contributed by atoms with van der Waals surface area (Å²) >= 11 is 0. The van der Waals surface area contributed by atoms with E-state index in [4.69, 9.17) is 4.74 Å². The van der Waals surface area contributed by atoms with Crippen LogP contribution in [0.3, 0.4) is 0 Å². The van der Waals surface area contributed by atoms with Crippen molar-refractivity contribution in [1.29, 1.82) is 0 Å². The van der Waals surface area contributed by atoms with Crippen LogP contribution in [0.5, 0.6) is 0 Å². The van der Waals surface area contributed by atoms with Crippen molar-refractivity contribution in [3.63, 3.8) is 0 Å². The Labute approximate surface area is 333 Å². The molecule has 1 saturated carbocycles. The van der Waals surface area contributed by atoms with E-state index in [-0.39, 0.29) is 16.9 Å². The lowest BCUT2D eigenvalue weighted by atomic mass is 9.72. The Morgan fingerprint density at radius 2 is 1.51 bits per heavy atom. The van der Waals surface area contributed by atoms with Crippen LogP contribution >= 0.6 is 0 Å². The van der Waals surface area contributed by atoms with Crippen molar-refractivity contribution in [1.82, 2.24) is 4.57 Å². The monoisotopic (exact) mass is 742 g/mol. The molecule has 2 aromatic heterocycles. The number of nitrogens with zero attached hydrogens (tertiary/aromatic N) is 4. The maximum absolute atomic E-state index is 7.25. The number of allylic oxidation sites excluding steroid dienone is 2. The summed E-state index contributed by atoms with van der Waals surface area (Å²) in [6.45, 7) is 11.9. The number of para-hydroxylation sites is 2. The Bertz CT molecular complexity index is 3040. The fraction of sp³-hybridized carbons (Fsp3) is 0.269. The molecule has 5 aromatic carbocycles. The van der Waals surface area contributed by atoms with Crippen molar-refractivity contribution in [2.45, 2.75) is 89.7 Å². The average molecular weight is 743 g/mol. The maximum Gasteiger partial charge on any atom is 0.376 e. The van der Waals surface area contributed by atoms with Gasteiger partial charge in [-0.25, -0.2) is 0 Å². The second-order valence-corrected chi connectivity index (χ2v) is 18.8. The molecule has 6 aliphatic rings. The molecule has 0 radical (unpaired) electrons. The molecule has 8 bridgehead atoms. The van der Waals surface area contributed by atoms with Gasteiger partial charge in [0.15, 0.2) is 17.8 Å². The second-order valence-electron chi connectivity index (χ2n) is 18.8. The lowest BCUT2D eigenvalue weighted by molar-refractivity contribution is -0.591. The zero-order chi connectivity index (χ0) is 38.1. The predicted molar refractivity (Wildman–Crippen MR) is 229 cm³/mol. The first-order valence-electron chi connectivity index (χ1n) is 21.0. The summed E-state index contributed by atoms with van der Waals surface area (Å²) in [6.07, 6.45) is 7.69. The zero-order valence-corrected chi connectivity index (χ0v) is 33.4. The third-order valence-electron chi connectivity index (χ3n) is 14.4. The highest BCUT2D eigenvalue weighted by Crippen LogP contribution is 2.58. The molecule has 0 amide bonds. The van der Waals surface area contributed by atoms with Crippen molar-refractivity contribution in [2.24, 2.45) is 0 Å². The number of hydrogen-bond acceptors (Lipinski definition) is 2. The number of benzene rings is 5. The normalized spacial score (nSPS) is 20.5. The summed E-state index contributed by atoms with van der Waals surface area (Å²) < 4.78 is 15.1. The Morgan fingerprint density at radius 3 is 2.37 bits per heavy atom. The van der Waals surface area contributed by atoms with E-state index < -0.39 is 0 Å². The van der Waals surface area contributed by atoms with Crippen LogP contribution in [0, 0.1) is 0 Å². The average Bonchev–Trinajstić information content (AvgIpc) is 3.90. The number of rotatable bonds is 1. The molecule has 7 heterocycles. The summed E-state index contributed by atoms with van der Waals surface area (Å²) in [4.78, 5) is 2.69. The van der Waals surface area contributed by atoms with Crippen LogP contribution in [-0.4, -0.2) is 27.2 Å². The Hall–Kier alpha value is -5.94. The smallest absolute Gasteiger partial charge is 0.376 e. The van der Waals surface area contributed by atoms with E-state index in [1.807, 2.05) is 0 Å². The third kappa shape index (κ3) is 4.05. The summed E-state index contributed by atoms with van der Waals surface area (Å²) in [5.74, 6) is 2.27. The number of pyridine rings is 1. The number of aromatic nitrogens is 2. The minimum Gasteiger partial charge on any atom is -0.434 e. The first-order valence-corrected chi connectivity index (χ1v) is 21.0. The summed E-state index contributed by atoms with van der Waals surface area (Å²) in [7, 11) is 0. The summed E-state index contributed by atoms with van der Waals surface area (Å²) in [5.41, 5.74) is 19.5. The highest BCUT2D eigenvalue weighted by molar-refractivity contribution is 6.14. The molecule has 0 spiro atoms. The minimum atomic E-state index is -0.238. The molecule has 57 heavy (non-hydrogen) atoms. The number of anilines is 3. The number of ether oxygens (including phenoxy) is 1. The van der Waals surface area contributed by atoms with Gasteiger partial charge < -0.3 is 9.64 Å². The summed E-state index contributed by atoms with van der Waals surface area (Å²) in [5, 5.41) is 2.65. The van der Waals surface area contributed by atoms with Crippen LogP contribution in [0.25, 0.3) is 44.4 Å². The van der Waals surface area contributed by atoms with E-state index in [0.29, 0.717) is 6.04 Å². The van der Waals surface area contributed by atoms with E-state index in [1.54, 1.807) is 0 Å².